The van der Waals surface area contributed by atoms with Crippen LogP contribution in [0.25, 0.3) is 0 Å². The molecule has 25 heavy (non-hydrogen) atoms. The van der Waals surface area contributed by atoms with Gasteiger partial charge in [0.05, 0.1) is 12.0 Å². The van der Waals surface area contributed by atoms with Gasteiger partial charge in [0.25, 0.3) is 10.0 Å². The highest BCUT2D eigenvalue weighted by molar-refractivity contribution is 7.92. The smallest absolute Gasteiger partial charge is 0.263 e. The molecular weight excluding hydrogens is 340 g/mol. The van der Waals surface area contributed by atoms with E-state index in [-0.39, 0.29) is 10.7 Å². The Kier molecular flexibility index (Phi) is 5.08. The van der Waals surface area contributed by atoms with Crippen LogP contribution in [0.1, 0.15) is 19.8 Å². The Morgan fingerprint density at radius 1 is 1.08 bits per heavy atom. The molecule has 0 atom stereocenters. The summed E-state index contributed by atoms with van der Waals surface area (Å²) in [6, 6.07) is 9.60. The molecule has 2 aromatic rings. The molecule has 1 aromatic heterocycles. The van der Waals surface area contributed by atoms with Crippen molar-refractivity contribution >= 4 is 21.7 Å². The molecule has 8 heteroatoms. The van der Waals surface area contributed by atoms with E-state index in [0.717, 1.165) is 37.7 Å². The molecule has 2 heterocycles. The number of ether oxygens (including phenoxy) is 1. The highest BCUT2D eigenvalue weighted by Gasteiger charge is 2.18. The fourth-order valence-electron chi connectivity index (χ4n) is 2.74. The van der Waals surface area contributed by atoms with Gasteiger partial charge in [-0.2, -0.15) is 0 Å². The molecule has 0 amide bonds. The summed E-state index contributed by atoms with van der Waals surface area (Å²) in [5.41, 5.74) is 0. The van der Waals surface area contributed by atoms with Crippen molar-refractivity contribution in [3.8, 4) is 5.75 Å². The van der Waals surface area contributed by atoms with Crippen molar-refractivity contribution < 1.29 is 13.2 Å². The Hall–Kier alpha value is -2.35. The third-order valence-corrected chi connectivity index (χ3v) is 5.74. The summed E-state index contributed by atoms with van der Waals surface area (Å²) in [5, 5.41) is 8.17. The normalized spacial score (nSPS) is 15.8. The Morgan fingerprint density at radius 3 is 2.32 bits per heavy atom. The van der Waals surface area contributed by atoms with Gasteiger partial charge in [-0.05, 0) is 55.2 Å². The number of methoxy groups -OCH3 is 1. The van der Waals surface area contributed by atoms with Gasteiger partial charge in [-0.1, -0.05) is 6.92 Å². The largest absolute Gasteiger partial charge is 0.497 e. The first kappa shape index (κ1) is 17.5. The number of hydrogen-bond acceptors (Lipinski definition) is 6. The predicted molar refractivity (Wildman–Crippen MR) is 96.4 cm³/mol. The second-order valence-electron chi connectivity index (χ2n) is 6.23. The molecule has 1 saturated heterocycles. The summed E-state index contributed by atoms with van der Waals surface area (Å²) in [4.78, 5) is 2.32. The monoisotopic (exact) mass is 362 g/mol. The van der Waals surface area contributed by atoms with Gasteiger partial charge < -0.3 is 9.64 Å². The van der Waals surface area contributed by atoms with Gasteiger partial charge in [0, 0.05) is 13.1 Å². The van der Waals surface area contributed by atoms with Crippen LogP contribution >= 0.6 is 0 Å². The van der Waals surface area contributed by atoms with E-state index in [1.165, 1.54) is 19.2 Å². The summed E-state index contributed by atoms with van der Waals surface area (Å²) in [7, 11) is -2.18. The van der Waals surface area contributed by atoms with Gasteiger partial charge in [-0.3, -0.25) is 4.72 Å². The number of hydrogen-bond donors (Lipinski definition) is 1. The van der Waals surface area contributed by atoms with Crippen LogP contribution < -0.4 is 14.4 Å². The van der Waals surface area contributed by atoms with Crippen LogP contribution in [0.2, 0.25) is 0 Å². The van der Waals surface area contributed by atoms with E-state index in [9.17, 15) is 8.42 Å². The quantitative estimate of drug-likeness (QED) is 0.880. The molecule has 7 nitrogen and oxygen atoms in total. The SMILES string of the molecule is COc1ccc(S(=O)(=O)Nc2ccc(N3CCC(C)CC3)nn2)cc1. The van der Waals surface area contributed by atoms with Crippen molar-refractivity contribution in [2.24, 2.45) is 5.92 Å². The van der Waals surface area contributed by atoms with Crippen LogP contribution in [0.4, 0.5) is 11.6 Å². The lowest BCUT2D eigenvalue weighted by molar-refractivity contribution is 0.414. The molecular formula is C17H22N4O3S. The molecule has 0 unspecified atom stereocenters. The average molecular weight is 362 g/mol. The van der Waals surface area contributed by atoms with Crippen LogP contribution in [0.15, 0.2) is 41.3 Å². The highest BCUT2D eigenvalue weighted by Crippen LogP contribution is 2.22. The van der Waals surface area contributed by atoms with Gasteiger partial charge in [0.15, 0.2) is 11.6 Å². The molecule has 0 bridgehead atoms. The van der Waals surface area contributed by atoms with Crippen LogP contribution in [-0.2, 0) is 10.0 Å². The third kappa shape index (κ3) is 4.19. The third-order valence-electron chi connectivity index (χ3n) is 4.37. The zero-order valence-corrected chi connectivity index (χ0v) is 15.2. The number of anilines is 2. The minimum atomic E-state index is -3.70. The molecule has 0 saturated carbocycles. The number of aromatic nitrogens is 2. The number of piperidine rings is 1. The lowest BCUT2D eigenvalue weighted by atomic mass is 9.99. The van der Waals surface area contributed by atoms with E-state index in [1.807, 2.05) is 0 Å². The predicted octanol–water partition coefficient (Wildman–Crippen LogP) is 2.52. The maximum absolute atomic E-state index is 12.4. The molecule has 1 N–H and O–H groups in total. The molecule has 1 aliphatic rings. The molecule has 0 radical (unpaired) electrons. The maximum atomic E-state index is 12.4. The molecule has 1 aromatic carbocycles. The first-order chi connectivity index (χ1) is 12.0. The van der Waals surface area contributed by atoms with Gasteiger partial charge in [-0.15, -0.1) is 10.2 Å². The minimum absolute atomic E-state index is 0.143. The Labute approximate surface area is 148 Å². The van der Waals surface area contributed by atoms with Gasteiger partial charge in [0.2, 0.25) is 0 Å². The van der Waals surface area contributed by atoms with Crippen molar-refractivity contribution in [1.29, 1.82) is 0 Å². The minimum Gasteiger partial charge on any atom is -0.497 e. The van der Waals surface area contributed by atoms with Gasteiger partial charge >= 0.3 is 0 Å². The van der Waals surface area contributed by atoms with Crippen molar-refractivity contribution in [2.75, 3.05) is 29.8 Å². The van der Waals surface area contributed by atoms with Crippen LogP contribution in [0.3, 0.4) is 0 Å². The van der Waals surface area contributed by atoms with E-state index in [0.29, 0.717) is 5.75 Å². The fourth-order valence-corrected chi connectivity index (χ4v) is 3.73. The van der Waals surface area contributed by atoms with Crippen LogP contribution in [0.5, 0.6) is 5.75 Å². The fraction of sp³-hybridized carbons (Fsp3) is 0.412. The van der Waals surface area contributed by atoms with E-state index < -0.39 is 10.0 Å². The first-order valence-corrected chi connectivity index (χ1v) is 9.72. The summed E-state index contributed by atoms with van der Waals surface area (Å²) in [6.45, 7) is 4.15. The summed E-state index contributed by atoms with van der Waals surface area (Å²) in [6.07, 6.45) is 2.26. The first-order valence-electron chi connectivity index (χ1n) is 8.23. The lowest BCUT2D eigenvalue weighted by Gasteiger charge is -2.30. The Bertz CT molecular complexity index is 799. The maximum Gasteiger partial charge on any atom is 0.263 e. The number of rotatable bonds is 5. The number of sulfonamides is 1. The number of nitrogens with one attached hydrogen (secondary N) is 1. The number of nitrogens with zero attached hydrogens (tertiary/aromatic N) is 3. The second kappa shape index (κ2) is 7.26. The zero-order valence-electron chi connectivity index (χ0n) is 14.3. The number of benzene rings is 1. The van der Waals surface area contributed by atoms with Gasteiger partial charge in [-0.25, -0.2) is 8.42 Å². The molecule has 3 rings (SSSR count). The lowest BCUT2D eigenvalue weighted by Crippen LogP contribution is -2.33. The van der Waals surface area contributed by atoms with Crippen molar-refractivity contribution in [3.05, 3.63) is 36.4 Å². The van der Waals surface area contributed by atoms with Crippen LogP contribution in [0, 0.1) is 5.92 Å². The van der Waals surface area contributed by atoms with E-state index >= 15 is 0 Å². The van der Waals surface area contributed by atoms with E-state index in [1.54, 1.807) is 24.3 Å². The molecule has 134 valence electrons. The molecule has 0 aliphatic carbocycles. The average Bonchev–Trinajstić information content (AvgIpc) is 2.63. The summed E-state index contributed by atoms with van der Waals surface area (Å²) >= 11 is 0. The molecule has 1 aliphatic heterocycles. The van der Waals surface area contributed by atoms with Gasteiger partial charge in [0.1, 0.15) is 5.75 Å². The standard InChI is InChI=1S/C17H22N4O3S/c1-13-9-11-21(12-10-13)17-8-7-16(18-19-17)20-25(22,23)15-5-3-14(24-2)4-6-15/h3-8,13H,9-12H2,1-2H3,(H,18,20). The van der Waals surface area contributed by atoms with Crippen LogP contribution in [-0.4, -0.2) is 38.8 Å². The van der Waals surface area contributed by atoms with Crippen molar-refractivity contribution in [3.63, 3.8) is 0 Å². The topological polar surface area (TPSA) is 84.4 Å². The van der Waals surface area contributed by atoms with E-state index in [2.05, 4.69) is 26.7 Å². The molecule has 0 spiro atoms. The Morgan fingerprint density at radius 2 is 1.76 bits per heavy atom. The highest BCUT2D eigenvalue weighted by atomic mass is 32.2. The zero-order chi connectivity index (χ0) is 17.9. The molecule has 1 fully saturated rings. The summed E-state index contributed by atoms with van der Waals surface area (Å²) < 4.78 is 32.3. The van der Waals surface area contributed by atoms with Crippen molar-refractivity contribution in [1.82, 2.24) is 10.2 Å². The van der Waals surface area contributed by atoms with E-state index in [4.69, 9.17) is 4.74 Å². The van der Waals surface area contributed by atoms with Crippen molar-refractivity contribution in [2.45, 2.75) is 24.7 Å². The summed E-state index contributed by atoms with van der Waals surface area (Å²) in [5.74, 6) is 2.31. The second-order valence-corrected chi connectivity index (χ2v) is 7.91. The Balaban J connectivity index is 1.69.